The van der Waals surface area contributed by atoms with Crippen molar-refractivity contribution in [2.75, 3.05) is 26.7 Å². The molecule has 3 unspecified atom stereocenters. The molecule has 0 radical (unpaired) electrons. The zero-order valence-corrected chi connectivity index (χ0v) is 24.5. The fraction of sp³-hybridized carbons (Fsp3) is 0.552. The lowest BCUT2D eigenvalue weighted by Crippen LogP contribution is -2.36. The SMILES string of the molecule is CCC(CNC(=O)CCCC[n+]1c2ccccc2nc2c(OC)cccc21)CC1CNCC1CC.Cl.O=[N+]([O-])[O-]. The number of aromatic nitrogens is 2. The first-order valence-corrected chi connectivity index (χ1v) is 13.9. The van der Waals surface area contributed by atoms with Gasteiger partial charge in [0.15, 0.2) is 11.3 Å². The lowest BCUT2D eigenvalue weighted by Gasteiger charge is -2.23. The van der Waals surface area contributed by atoms with Gasteiger partial charge in [-0.25, -0.2) is 4.98 Å². The van der Waals surface area contributed by atoms with Crippen LogP contribution in [0.15, 0.2) is 42.5 Å². The molecule has 3 aromatic rings. The Morgan fingerprint density at radius 3 is 2.52 bits per heavy atom. The summed E-state index contributed by atoms with van der Waals surface area (Å²) in [5, 5.41) is 21.5. The van der Waals surface area contributed by atoms with Crippen molar-refractivity contribution < 1.29 is 19.2 Å². The van der Waals surface area contributed by atoms with Crippen molar-refractivity contribution >= 4 is 40.4 Å². The van der Waals surface area contributed by atoms with Crippen molar-refractivity contribution in [1.29, 1.82) is 0 Å². The van der Waals surface area contributed by atoms with Crippen molar-refractivity contribution in [2.45, 2.75) is 58.9 Å². The second kappa shape index (κ2) is 16.8. The molecule has 0 aliphatic carbocycles. The topological polar surface area (TPSA) is 133 Å². The van der Waals surface area contributed by atoms with Gasteiger partial charge in [-0.15, -0.1) is 12.4 Å². The summed E-state index contributed by atoms with van der Waals surface area (Å²) in [5.74, 6) is 3.07. The fourth-order valence-corrected chi connectivity index (χ4v) is 5.55. The summed E-state index contributed by atoms with van der Waals surface area (Å²) < 4.78 is 7.88. The number of amides is 1. The van der Waals surface area contributed by atoms with Gasteiger partial charge in [-0.3, -0.25) is 4.79 Å². The van der Waals surface area contributed by atoms with Crippen LogP contribution in [0.3, 0.4) is 0 Å². The normalized spacial score (nSPS) is 17.0. The number of carbonyl (C=O) groups is 1. The maximum Gasteiger partial charge on any atom is 0.235 e. The first kappa shape index (κ1) is 33.0. The van der Waals surface area contributed by atoms with Crippen molar-refractivity contribution in [3.8, 4) is 5.75 Å². The number of hydrogen-bond acceptors (Lipinski definition) is 7. The summed E-state index contributed by atoms with van der Waals surface area (Å²) in [7, 11) is 1.69. The molecule has 11 heteroatoms. The second-order valence-corrected chi connectivity index (χ2v) is 10.2. The minimum atomic E-state index is -1.75. The molecule has 40 heavy (non-hydrogen) atoms. The number of halogens is 1. The Hall–Kier alpha value is -3.24. The summed E-state index contributed by atoms with van der Waals surface area (Å²) in [6.45, 7) is 8.46. The number of rotatable bonds is 12. The van der Waals surface area contributed by atoms with Crippen LogP contribution in [-0.2, 0) is 11.3 Å². The zero-order valence-electron chi connectivity index (χ0n) is 23.6. The highest BCUT2D eigenvalue weighted by atomic mass is 35.5. The highest BCUT2D eigenvalue weighted by Crippen LogP contribution is 2.27. The number of carbonyl (C=O) groups excluding carboxylic acids is 1. The maximum atomic E-state index is 12.6. The molecule has 1 fully saturated rings. The van der Waals surface area contributed by atoms with Gasteiger partial charge in [0.1, 0.15) is 12.1 Å². The molecule has 1 aromatic heterocycles. The molecule has 2 heterocycles. The van der Waals surface area contributed by atoms with E-state index in [9.17, 15) is 4.79 Å². The number of fused-ring (bicyclic) bond motifs is 2. The molecule has 220 valence electrons. The number of nitrogens with zero attached hydrogens (tertiary/aromatic N) is 3. The average molecular weight is 576 g/mol. The Morgan fingerprint density at radius 1 is 1.12 bits per heavy atom. The summed E-state index contributed by atoms with van der Waals surface area (Å²) in [5.41, 5.74) is 4.00. The Labute approximate surface area is 242 Å². The predicted octanol–water partition coefficient (Wildman–Crippen LogP) is 4.82. The van der Waals surface area contributed by atoms with Crippen LogP contribution in [0.1, 0.15) is 52.4 Å². The molecule has 0 bridgehead atoms. The highest BCUT2D eigenvalue weighted by Gasteiger charge is 2.27. The van der Waals surface area contributed by atoms with E-state index in [2.05, 4.69) is 47.2 Å². The molecule has 1 amide bonds. The molecule has 0 saturated carbocycles. The van der Waals surface area contributed by atoms with Crippen LogP contribution in [0.25, 0.3) is 22.1 Å². The number of para-hydroxylation sites is 3. The van der Waals surface area contributed by atoms with Gasteiger partial charge >= 0.3 is 0 Å². The van der Waals surface area contributed by atoms with Crippen LogP contribution in [0, 0.1) is 33.1 Å². The lowest BCUT2D eigenvalue weighted by molar-refractivity contribution is -0.646. The third-order valence-corrected chi connectivity index (χ3v) is 7.73. The molecule has 0 spiro atoms. The van der Waals surface area contributed by atoms with E-state index >= 15 is 0 Å². The summed E-state index contributed by atoms with van der Waals surface area (Å²) in [6, 6.07) is 14.3. The summed E-state index contributed by atoms with van der Waals surface area (Å²) in [4.78, 5) is 25.7. The first-order chi connectivity index (χ1) is 18.9. The highest BCUT2D eigenvalue weighted by molar-refractivity contribution is 5.86. The zero-order chi connectivity index (χ0) is 28.2. The predicted molar refractivity (Wildman–Crippen MR) is 159 cm³/mol. The van der Waals surface area contributed by atoms with Crippen LogP contribution >= 0.6 is 12.4 Å². The van der Waals surface area contributed by atoms with Gasteiger partial charge in [-0.2, -0.15) is 4.57 Å². The van der Waals surface area contributed by atoms with E-state index in [0.29, 0.717) is 12.3 Å². The average Bonchev–Trinajstić information content (AvgIpc) is 3.39. The monoisotopic (exact) mass is 575 g/mol. The van der Waals surface area contributed by atoms with E-state index in [0.717, 1.165) is 85.1 Å². The Bertz CT molecular complexity index is 1240. The standard InChI is InChI=1S/C29H40N4O2.ClH.NO3/c1-4-21(17-23-20-30-19-22(23)5-2)18-31-28(34)15-8-9-16-33-25-12-7-6-11-24(25)32-29-26(33)13-10-14-27(29)35-3;;2-1(3)4/h6-7,10-14,21-23,30H,4-5,8-9,15-20H2,1-3H3;1H;/q;;-1/p+1. The van der Waals surface area contributed by atoms with Crippen LogP contribution in [-0.4, -0.2) is 42.7 Å². The van der Waals surface area contributed by atoms with E-state index in [1.807, 2.05) is 24.3 Å². The molecular formula is C29H42ClN5O5. The largest absolute Gasteiger partial charge is 0.494 e. The lowest BCUT2D eigenvalue weighted by atomic mass is 9.84. The number of methoxy groups -OCH3 is 1. The maximum absolute atomic E-state index is 12.6. The fourth-order valence-electron chi connectivity index (χ4n) is 5.55. The smallest absolute Gasteiger partial charge is 0.235 e. The summed E-state index contributed by atoms with van der Waals surface area (Å²) >= 11 is 0. The van der Waals surface area contributed by atoms with Crippen LogP contribution in [0.2, 0.25) is 0 Å². The Morgan fingerprint density at radius 2 is 1.82 bits per heavy atom. The molecule has 1 aliphatic heterocycles. The molecule has 4 rings (SSSR count). The van der Waals surface area contributed by atoms with Gasteiger partial charge in [0.25, 0.3) is 0 Å². The molecular weight excluding hydrogens is 534 g/mol. The number of ether oxygens (including phenoxy) is 1. The van der Waals surface area contributed by atoms with E-state index in [4.69, 9.17) is 25.0 Å². The van der Waals surface area contributed by atoms with Crippen molar-refractivity contribution in [3.63, 3.8) is 0 Å². The number of nitrogens with one attached hydrogen (secondary N) is 2. The van der Waals surface area contributed by atoms with Gasteiger partial charge in [0.05, 0.1) is 12.2 Å². The molecule has 3 atom stereocenters. The molecule has 10 nitrogen and oxygen atoms in total. The second-order valence-electron chi connectivity index (χ2n) is 10.2. The van der Waals surface area contributed by atoms with Gasteiger partial charge in [-0.05, 0) is 55.8 Å². The third kappa shape index (κ3) is 9.16. The molecule has 2 N–H and O–H groups in total. The number of benzene rings is 2. The van der Waals surface area contributed by atoms with Gasteiger partial charge in [0, 0.05) is 31.5 Å². The van der Waals surface area contributed by atoms with E-state index in [1.54, 1.807) is 7.11 Å². The van der Waals surface area contributed by atoms with Crippen molar-refractivity contribution in [1.82, 2.24) is 15.6 Å². The van der Waals surface area contributed by atoms with Gasteiger partial charge in [-0.1, -0.05) is 44.9 Å². The van der Waals surface area contributed by atoms with Crippen LogP contribution < -0.4 is 19.9 Å². The minimum Gasteiger partial charge on any atom is -0.494 e. The van der Waals surface area contributed by atoms with E-state index < -0.39 is 5.09 Å². The first-order valence-electron chi connectivity index (χ1n) is 13.9. The van der Waals surface area contributed by atoms with Gasteiger partial charge in [0.2, 0.25) is 16.9 Å². The van der Waals surface area contributed by atoms with Gasteiger partial charge < -0.3 is 30.7 Å². The quantitative estimate of drug-likeness (QED) is 0.104. The molecule has 2 aromatic carbocycles. The van der Waals surface area contributed by atoms with E-state index in [-0.39, 0.29) is 18.3 Å². The van der Waals surface area contributed by atoms with Crippen molar-refractivity contribution in [2.24, 2.45) is 17.8 Å². The third-order valence-electron chi connectivity index (χ3n) is 7.73. The molecule has 1 saturated heterocycles. The van der Waals surface area contributed by atoms with Crippen molar-refractivity contribution in [3.05, 3.63) is 57.8 Å². The minimum absolute atomic E-state index is 0. The van der Waals surface area contributed by atoms with Crippen LogP contribution in [0.5, 0.6) is 5.75 Å². The molecule has 1 aliphatic rings. The number of aryl methyl sites for hydroxylation is 1. The Kier molecular flexibility index (Phi) is 13.8. The van der Waals surface area contributed by atoms with E-state index in [1.165, 1.54) is 12.8 Å². The number of unbranched alkanes of at least 4 members (excludes halogenated alkanes) is 1. The number of hydrogen-bond donors (Lipinski definition) is 2. The Balaban J connectivity index is 0.00000105. The van der Waals surface area contributed by atoms with Crippen LogP contribution in [0.4, 0.5) is 0 Å². The summed E-state index contributed by atoms with van der Waals surface area (Å²) in [6.07, 6.45) is 5.95.